The van der Waals surface area contributed by atoms with Crippen molar-refractivity contribution in [2.45, 2.75) is 43.8 Å². The van der Waals surface area contributed by atoms with E-state index in [0.717, 1.165) is 41.6 Å². The number of hydrogen-bond acceptors (Lipinski definition) is 6. The molecule has 0 aliphatic carbocycles. The SMILES string of the molecule is CCCCSc1c(N(S)C(=O)[C@@H]2[C@H](C=O)[C@H]3C=C[C@@H]2O3)ccc(C)c1C=O. The number of benzene rings is 1. The van der Waals surface area contributed by atoms with E-state index in [1.165, 1.54) is 4.31 Å². The lowest BCUT2D eigenvalue weighted by molar-refractivity contribution is -0.125. The Balaban J connectivity index is 1.92. The first-order valence-corrected chi connectivity index (χ1v) is 10.5. The van der Waals surface area contributed by atoms with Gasteiger partial charge in [-0.05, 0) is 30.7 Å². The fourth-order valence-electron chi connectivity index (χ4n) is 3.54. The van der Waals surface area contributed by atoms with E-state index in [1.807, 2.05) is 25.1 Å². The molecule has 1 aromatic rings. The van der Waals surface area contributed by atoms with E-state index in [4.69, 9.17) is 4.74 Å². The molecule has 1 amide bonds. The van der Waals surface area contributed by atoms with Crippen LogP contribution in [0.25, 0.3) is 0 Å². The maximum Gasteiger partial charge on any atom is 0.243 e. The van der Waals surface area contributed by atoms with Gasteiger partial charge in [-0.3, -0.25) is 13.9 Å². The molecule has 1 fully saturated rings. The number of aryl methyl sites for hydroxylation is 1. The van der Waals surface area contributed by atoms with Crippen molar-refractivity contribution in [1.82, 2.24) is 0 Å². The number of rotatable bonds is 8. The summed E-state index contributed by atoms with van der Waals surface area (Å²) in [6.45, 7) is 3.98. The third-order valence-corrected chi connectivity index (χ3v) is 6.71. The summed E-state index contributed by atoms with van der Waals surface area (Å²) < 4.78 is 6.96. The third kappa shape index (κ3) is 3.73. The Morgan fingerprint density at radius 2 is 2.04 bits per heavy atom. The number of hydrogen-bond donors (Lipinski definition) is 1. The van der Waals surface area contributed by atoms with E-state index in [2.05, 4.69) is 19.7 Å². The molecule has 2 bridgehead atoms. The molecular weight excluding hydrogens is 382 g/mol. The predicted octanol–water partition coefficient (Wildman–Crippen LogP) is 3.65. The fraction of sp³-hybridized carbons (Fsp3) is 0.450. The summed E-state index contributed by atoms with van der Waals surface area (Å²) in [5.74, 6) is -0.537. The molecule has 27 heavy (non-hydrogen) atoms. The number of aldehydes is 2. The first-order valence-electron chi connectivity index (χ1n) is 9.07. The van der Waals surface area contributed by atoms with Gasteiger partial charge < -0.3 is 9.53 Å². The predicted molar refractivity (Wildman–Crippen MR) is 110 cm³/mol. The number of thioether (sulfide) groups is 1. The number of carbonyl (C=O) groups is 3. The zero-order chi connectivity index (χ0) is 19.6. The molecule has 2 aliphatic rings. The van der Waals surface area contributed by atoms with Crippen LogP contribution >= 0.6 is 24.6 Å². The van der Waals surface area contributed by atoms with Crippen LogP contribution in [0.5, 0.6) is 0 Å². The summed E-state index contributed by atoms with van der Waals surface area (Å²) in [5, 5.41) is 0. The summed E-state index contributed by atoms with van der Waals surface area (Å²) in [6, 6.07) is 3.62. The van der Waals surface area contributed by atoms with Gasteiger partial charge in [0.05, 0.1) is 29.7 Å². The van der Waals surface area contributed by atoms with Gasteiger partial charge in [0.15, 0.2) is 6.29 Å². The van der Waals surface area contributed by atoms with Crippen LogP contribution in [0.2, 0.25) is 0 Å². The van der Waals surface area contributed by atoms with Gasteiger partial charge >= 0.3 is 0 Å². The average Bonchev–Trinajstić information content (AvgIpc) is 3.28. The minimum atomic E-state index is -0.593. The molecule has 2 heterocycles. The summed E-state index contributed by atoms with van der Waals surface area (Å²) >= 11 is 6.02. The topological polar surface area (TPSA) is 63.7 Å². The van der Waals surface area contributed by atoms with Crippen molar-refractivity contribution >= 4 is 48.7 Å². The second-order valence-electron chi connectivity index (χ2n) is 6.80. The summed E-state index contributed by atoms with van der Waals surface area (Å²) in [7, 11) is 0. The van der Waals surface area contributed by atoms with Gasteiger partial charge in [0.2, 0.25) is 5.91 Å². The van der Waals surface area contributed by atoms with Crippen LogP contribution < -0.4 is 4.31 Å². The zero-order valence-corrected chi connectivity index (χ0v) is 17.0. The molecular formula is C20H23NO4S2. The van der Waals surface area contributed by atoms with Gasteiger partial charge in [-0.1, -0.05) is 44.4 Å². The summed E-state index contributed by atoms with van der Waals surface area (Å²) in [6.07, 6.45) is 6.60. The van der Waals surface area contributed by atoms with Crippen molar-refractivity contribution in [3.8, 4) is 0 Å². The molecule has 0 aromatic heterocycles. The molecule has 1 saturated heterocycles. The molecule has 0 spiro atoms. The van der Waals surface area contributed by atoms with Gasteiger partial charge in [-0.25, -0.2) is 0 Å². The van der Waals surface area contributed by atoms with Crippen molar-refractivity contribution < 1.29 is 19.1 Å². The lowest BCUT2D eigenvalue weighted by Crippen LogP contribution is -2.39. The molecule has 3 rings (SSSR count). The minimum absolute atomic E-state index is 0.287. The van der Waals surface area contributed by atoms with E-state index in [1.54, 1.807) is 17.8 Å². The lowest BCUT2D eigenvalue weighted by atomic mass is 9.83. The molecule has 7 heteroatoms. The van der Waals surface area contributed by atoms with Crippen LogP contribution in [-0.4, -0.2) is 36.4 Å². The Labute approximate surface area is 169 Å². The molecule has 0 saturated carbocycles. The monoisotopic (exact) mass is 405 g/mol. The number of anilines is 1. The van der Waals surface area contributed by atoms with Gasteiger partial charge in [0.25, 0.3) is 0 Å². The number of thiol groups is 1. The largest absolute Gasteiger partial charge is 0.365 e. The van der Waals surface area contributed by atoms with Crippen molar-refractivity contribution in [3.63, 3.8) is 0 Å². The van der Waals surface area contributed by atoms with Crippen molar-refractivity contribution in [2.75, 3.05) is 10.1 Å². The number of fused-ring (bicyclic) bond motifs is 2. The first-order chi connectivity index (χ1) is 13.0. The van der Waals surface area contributed by atoms with E-state index in [9.17, 15) is 14.4 Å². The molecule has 2 aliphatic heterocycles. The van der Waals surface area contributed by atoms with Crippen LogP contribution in [-0.2, 0) is 14.3 Å². The number of ether oxygens (including phenoxy) is 1. The Morgan fingerprint density at radius 1 is 1.30 bits per heavy atom. The van der Waals surface area contributed by atoms with Crippen LogP contribution in [0, 0.1) is 18.8 Å². The molecule has 0 radical (unpaired) electrons. The normalized spacial score (nSPS) is 25.6. The van der Waals surface area contributed by atoms with Gasteiger partial charge in [-0.2, -0.15) is 0 Å². The standard InChI is InChI=1S/C20H23NO4S2/c1-3-4-9-27-19-13(10-22)12(2)5-6-15(19)21(26)20(24)18-14(11-23)16-7-8-17(18)25-16/h5-8,10-11,14,16-18,26H,3-4,9H2,1-2H3/t14-,16-,17+,18-/m1/s1. The molecule has 144 valence electrons. The Hall–Kier alpha value is -1.57. The van der Waals surface area contributed by atoms with Crippen LogP contribution in [0.1, 0.15) is 35.7 Å². The number of nitrogens with zero attached hydrogens (tertiary/aromatic N) is 1. The second kappa shape index (κ2) is 8.63. The van der Waals surface area contributed by atoms with Gasteiger partial charge in [-0.15, -0.1) is 11.8 Å². The van der Waals surface area contributed by atoms with Gasteiger partial charge in [0.1, 0.15) is 6.29 Å². The summed E-state index contributed by atoms with van der Waals surface area (Å²) in [5.41, 5.74) is 2.02. The zero-order valence-electron chi connectivity index (χ0n) is 15.3. The second-order valence-corrected chi connectivity index (χ2v) is 8.31. The molecule has 4 atom stereocenters. The highest BCUT2D eigenvalue weighted by molar-refractivity contribution is 7.99. The highest BCUT2D eigenvalue weighted by atomic mass is 32.2. The van der Waals surface area contributed by atoms with E-state index in [0.29, 0.717) is 11.3 Å². The molecule has 1 aromatic carbocycles. The lowest BCUT2D eigenvalue weighted by Gasteiger charge is -2.27. The Kier molecular flexibility index (Phi) is 6.44. The van der Waals surface area contributed by atoms with Crippen molar-refractivity contribution in [3.05, 3.63) is 35.4 Å². The third-order valence-electron chi connectivity index (χ3n) is 5.09. The highest BCUT2D eigenvalue weighted by Crippen LogP contribution is 2.42. The highest BCUT2D eigenvalue weighted by Gasteiger charge is 2.50. The van der Waals surface area contributed by atoms with Crippen LogP contribution in [0.3, 0.4) is 0 Å². The maximum atomic E-state index is 13.2. The fourth-order valence-corrected chi connectivity index (χ4v) is 5.21. The van der Waals surface area contributed by atoms with Crippen LogP contribution in [0.15, 0.2) is 29.2 Å². The average molecular weight is 406 g/mol. The quantitative estimate of drug-likeness (QED) is 0.235. The molecule has 0 unspecified atom stereocenters. The molecule has 5 nitrogen and oxygen atoms in total. The maximum absolute atomic E-state index is 13.2. The smallest absolute Gasteiger partial charge is 0.243 e. The Morgan fingerprint density at radius 3 is 2.70 bits per heavy atom. The minimum Gasteiger partial charge on any atom is -0.365 e. The van der Waals surface area contributed by atoms with E-state index < -0.39 is 17.9 Å². The number of carbonyl (C=O) groups excluding carboxylic acids is 3. The number of unbranched alkanes of at least 4 members (excludes halogenated alkanes) is 1. The Bertz CT molecular complexity index is 779. The summed E-state index contributed by atoms with van der Waals surface area (Å²) in [4.78, 5) is 37.1. The van der Waals surface area contributed by atoms with E-state index in [-0.39, 0.29) is 12.0 Å². The number of amides is 1. The first kappa shape index (κ1) is 20.2. The molecule has 0 N–H and O–H groups in total. The van der Waals surface area contributed by atoms with Gasteiger partial charge in [0, 0.05) is 10.5 Å². The van der Waals surface area contributed by atoms with E-state index >= 15 is 0 Å². The van der Waals surface area contributed by atoms with Crippen molar-refractivity contribution in [2.24, 2.45) is 11.8 Å². The van der Waals surface area contributed by atoms with Crippen molar-refractivity contribution in [1.29, 1.82) is 0 Å². The van der Waals surface area contributed by atoms with Crippen LogP contribution in [0.4, 0.5) is 5.69 Å².